The average molecular weight is 217 g/mol. The van der Waals surface area contributed by atoms with Crippen LogP contribution in [0.4, 0.5) is 0 Å². The van der Waals surface area contributed by atoms with Gasteiger partial charge in [0.25, 0.3) is 0 Å². The Morgan fingerprint density at radius 2 is 1.60 bits per heavy atom. The second-order valence-corrected chi connectivity index (χ2v) is 4.19. The molecule has 0 bridgehead atoms. The molecule has 1 atom stereocenters. The maximum absolute atomic E-state index is 11.0. The highest BCUT2D eigenvalue weighted by molar-refractivity contribution is 5.76. The summed E-state index contributed by atoms with van der Waals surface area (Å²) in [7, 11) is 0. The third-order valence-electron chi connectivity index (χ3n) is 2.22. The van der Waals surface area contributed by atoms with Crippen molar-refractivity contribution >= 4 is 11.9 Å². The summed E-state index contributed by atoms with van der Waals surface area (Å²) in [4.78, 5) is 23.1. The van der Waals surface area contributed by atoms with E-state index in [9.17, 15) is 9.59 Å². The van der Waals surface area contributed by atoms with Crippen LogP contribution in [0.2, 0.25) is 0 Å². The molecule has 0 aliphatic heterocycles. The second kappa shape index (κ2) is 5.70. The molecule has 0 aliphatic carbocycles. The lowest BCUT2D eigenvalue weighted by atomic mass is 10.0. The monoisotopic (exact) mass is 217 g/mol. The predicted molar refractivity (Wildman–Crippen MR) is 55.7 cm³/mol. The molecule has 0 spiro atoms. The zero-order valence-corrected chi connectivity index (χ0v) is 9.60. The van der Waals surface area contributed by atoms with Crippen molar-refractivity contribution in [3.63, 3.8) is 0 Å². The molecular weight excluding hydrogens is 198 g/mol. The Balaban J connectivity index is 4.84. The molecule has 0 aromatic heterocycles. The summed E-state index contributed by atoms with van der Waals surface area (Å²) in [6, 6.07) is -0.856. The predicted octanol–water partition coefficient (Wildman–Crippen LogP) is 0.891. The molecule has 0 saturated heterocycles. The number of carboxylic acids is 2. The zero-order chi connectivity index (χ0) is 12.2. The number of carboxylic acid groups (broad SMARTS) is 2. The summed E-state index contributed by atoms with van der Waals surface area (Å²) in [5.41, 5.74) is 0. The molecule has 88 valence electrons. The van der Waals surface area contributed by atoms with E-state index in [0.29, 0.717) is 0 Å². The zero-order valence-electron chi connectivity index (χ0n) is 9.60. The van der Waals surface area contributed by atoms with Crippen LogP contribution in [0.3, 0.4) is 0 Å². The minimum absolute atomic E-state index is 0.107. The molecule has 0 aliphatic rings. The quantitative estimate of drug-likeness (QED) is 0.691. The number of hydrogen-bond donors (Lipinski definition) is 2. The van der Waals surface area contributed by atoms with Crippen molar-refractivity contribution in [1.82, 2.24) is 4.90 Å². The van der Waals surface area contributed by atoms with Crippen LogP contribution in [0.15, 0.2) is 0 Å². The molecule has 0 amide bonds. The van der Waals surface area contributed by atoms with Gasteiger partial charge in [-0.15, -0.1) is 0 Å². The lowest BCUT2D eigenvalue weighted by Gasteiger charge is -2.33. The summed E-state index contributed by atoms with van der Waals surface area (Å²) in [6.07, 6.45) is 0. The lowest BCUT2D eigenvalue weighted by Crippen LogP contribution is -2.50. The second-order valence-electron chi connectivity index (χ2n) is 4.19. The summed E-state index contributed by atoms with van der Waals surface area (Å²) in [6.45, 7) is 6.89. The molecule has 0 heterocycles. The van der Waals surface area contributed by atoms with Crippen LogP contribution >= 0.6 is 0 Å². The first-order valence-corrected chi connectivity index (χ1v) is 4.97. The number of rotatable bonds is 6. The average Bonchev–Trinajstić information content (AvgIpc) is 2.00. The van der Waals surface area contributed by atoms with Crippen LogP contribution in [0.1, 0.15) is 27.7 Å². The Morgan fingerprint density at radius 1 is 1.13 bits per heavy atom. The van der Waals surface area contributed by atoms with Crippen molar-refractivity contribution in [2.75, 3.05) is 6.54 Å². The van der Waals surface area contributed by atoms with Gasteiger partial charge in [-0.1, -0.05) is 13.8 Å². The number of hydrogen-bond acceptors (Lipinski definition) is 3. The molecule has 0 aromatic carbocycles. The van der Waals surface area contributed by atoms with Gasteiger partial charge in [0.05, 0.1) is 6.54 Å². The van der Waals surface area contributed by atoms with Crippen LogP contribution in [0.5, 0.6) is 0 Å². The first-order chi connectivity index (χ1) is 6.77. The van der Waals surface area contributed by atoms with Gasteiger partial charge in [0.2, 0.25) is 0 Å². The molecule has 0 rings (SSSR count). The van der Waals surface area contributed by atoms with E-state index in [1.54, 1.807) is 27.7 Å². The van der Waals surface area contributed by atoms with E-state index in [4.69, 9.17) is 10.2 Å². The van der Waals surface area contributed by atoms with E-state index < -0.39 is 18.0 Å². The largest absolute Gasteiger partial charge is 0.480 e. The van der Waals surface area contributed by atoms with Gasteiger partial charge < -0.3 is 10.2 Å². The minimum atomic E-state index is -1.00. The van der Waals surface area contributed by atoms with Crippen LogP contribution in [-0.4, -0.2) is 45.7 Å². The van der Waals surface area contributed by atoms with Crippen molar-refractivity contribution in [1.29, 1.82) is 0 Å². The minimum Gasteiger partial charge on any atom is -0.480 e. The Kier molecular flexibility index (Phi) is 5.28. The van der Waals surface area contributed by atoms with Crippen molar-refractivity contribution in [3.8, 4) is 0 Å². The van der Waals surface area contributed by atoms with E-state index in [1.807, 2.05) is 0 Å². The third kappa shape index (κ3) is 4.29. The highest BCUT2D eigenvalue weighted by atomic mass is 16.4. The fourth-order valence-corrected chi connectivity index (χ4v) is 1.57. The van der Waals surface area contributed by atoms with E-state index in [2.05, 4.69) is 0 Å². The topological polar surface area (TPSA) is 77.8 Å². The molecule has 0 aromatic rings. The summed E-state index contributed by atoms with van der Waals surface area (Å²) in [5, 5.41) is 17.8. The molecule has 0 fully saturated rings. The molecule has 5 nitrogen and oxygen atoms in total. The van der Waals surface area contributed by atoms with Crippen LogP contribution in [-0.2, 0) is 9.59 Å². The van der Waals surface area contributed by atoms with Gasteiger partial charge in [0.15, 0.2) is 0 Å². The Bertz CT molecular complexity index is 238. The van der Waals surface area contributed by atoms with Gasteiger partial charge in [-0.3, -0.25) is 14.5 Å². The molecule has 0 saturated carbocycles. The standard InChI is InChI=1S/C10H19NO4/c1-6(2)9(10(14)15)11(7(3)4)5-8(12)13/h6-7,9H,5H2,1-4H3,(H,12,13)(H,14,15). The SMILES string of the molecule is CC(C)C(C(=O)O)N(CC(=O)O)C(C)C. The maximum atomic E-state index is 11.0. The van der Waals surface area contributed by atoms with Gasteiger partial charge in [-0.25, -0.2) is 0 Å². The summed E-state index contributed by atoms with van der Waals surface area (Å²) >= 11 is 0. The van der Waals surface area contributed by atoms with Crippen molar-refractivity contribution in [3.05, 3.63) is 0 Å². The maximum Gasteiger partial charge on any atom is 0.321 e. The smallest absolute Gasteiger partial charge is 0.321 e. The third-order valence-corrected chi connectivity index (χ3v) is 2.22. The molecule has 15 heavy (non-hydrogen) atoms. The van der Waals surface area contributed by atoms with Gasteiger partial charge in [0, 0.05) is 6.04 Å². The van der Waals surface area contributed by atoms with Gasteiger partial charge in [0.1, 0.15) is 6.04 Å². The number of carbonyl (C=O) groups is 2. The Labute approximate surface area is 89.7 Å². The molecule has 1 unspecified atom stereocenters. The number of nitrogens with zero attached hydrogens (tertiary/aromatic N) is 1. The van der Waals surface area contributed by atoms with Crippen molar-refractivity contribution in [2.24, 2.45) is 5.92 Å². The Morgan fingerprint density at radius 3 is 1.80 bits per heavy atom. The number of aliphatic carboxylic acids is 2. The summed E-state index contributed by atoms with van der Waals surface area (Å²) < 4.78 is 0. The van der Waals surface area contributed by atoms with E-state index in [-0.39, 0.29) is 18.5 Å². The van der Waals surface area contributed by atoms with Crippen molar-refractivity contribution < 1.29 is 19.8 Å². The summed E-state index contributed by atoms with van der Waals surface area (Å²) in [5.74, 6) is -2.10. The molecule has 2 N–H and O–H groups in total. The van der Waals surface area contributed by atoms with Gasteiger partial charge in [-0.05, 0) is 19.8 Å². The molecule has 5 heteroatoms. The highest BCUT2D eigenvalue weighted by Crippen LogP contribution is 2.14. The lowest BCUT2D eigenvalue weighted by molar-refractivity contribution is -0.149. The molecular formula is C10H19NO4. The fourth-order valence-electron chi connectivity index (χ4n) is 1.57. The van der Waals surface area contributed by atoms with E-state index in [0.717, 1.165) is 0 Å². The van der Waals surface area contributed by atoms with Crippen LogP contribution in [0.25, 0.3) is 0 Å². The first kappa shape index (κ1) is 13.9. The van der Waals surface area contributed by atoms with E-state index in [1.165, 1.54) is 4.90 Å². The van der Waals surface area contributed by atoms with Crippen molar-refractivity contribution in [2.45, 2.75) is 39.8 Å². The molecule has 0 radical (unpaired) electrons. The van der Waals surface area contributed by atoms with Gasteiger partial charge in [-0.2, -0.15) is 0 Å². The van der Waals surface area contributed by atoms with Crippen LogP contribution in [0, 0.1) is 5.92 Å². The first-order valence-electron chi connectivity index (χ1n) is 4.97. The van der Waals surface area contributed by atoms with E-state index >= 15 is 0 Å². The normalized spacial score (nSPS) is 13.5. The highest BCUT2D eigenvalue weighted by Gasteiger charge is 2.31. The fraction of sp³-hybridized carbons (Fsp3) is 0.800. The Hall–Kier alpha value is -1.10. The van der Waals surface area contributed by atoms with Gasteiger partial charge >= 0.3 is 11.9 Å². The van der Waals surface area contributed by atoms with Crippen LogP contribution < -0.4 is 0 Å².